The van der Waals surface area contributed by atoms with Gasteiger partial charge in [0.15, 0.2) is 6.61 Å². The highest BCUT2D eigenvalue weighted by molar-refractivity contribution is 6.30. The van der Waals surface area contributed by atoms with Crippen LogP contribution in [0.4, 0.5) is 0 Å². The van der Waals surface area contributed by atoms with Crippen molar-refractivity contribution < 1.29 is 9.53 Å². The summed E-state index contributed by atoms with van der Waals surface area (Å²) in [5.74, 6) is 0.590. The number of carbonyl (C=O) groups is 1. The Balaban J connectivity index is 1.46. The lowest BCUT2D eigenvalue weighted by Gasteiger charge is -2.45. The molecule has 0 atom stereocenters. The SMILES string of the molecule is CN(C)C1(CCc2ccccc2)CCC(NC(=O)COc2ccc(Cl)cc2)CC1. The molecule has 2 aromatic rings. The van der Waals surface area contributed by atoms with E-state index in [2.05, 4.69) is 54.6 Å². The average Bonchev–Trinajstić information content (AvgIpc) is 2.73. The maximum absolute atomic E-state index is 12.3. The molecule has 0 unspecified atom stereocenters. The van der Waals surface area contributed by atoms with Crippen molar-refractivity contribution in [3.05, 3.63) is 65.2 Å². The van der Waals surface area contributed by atoms with Crippen LogP contribution in [0.3, 0.4) is 0 Å². The van der Waals surface area contributed by atoms with E-state index in [-0.39, 0.29) is 24.1 Å². The molecule has 0 aliphatic heterocycles. The van der Waals surface area contributed by atoms with Gasteiger partial charge in [0, 0.05) is 16.6 Å². The predicted octanol–water partition coefficient (Wildman–Crippen LogP) is 4.71. The Kier molecular flexibility index (Phi) is 7.57. The number of benzene rings is 2. The largest absolute Gasteiger partial charge is 0.484 e. The highest BCUT2D eigenvalue weighted by atomic mass is 35.5. The zero-order valence-electron chi connectivity index (χ0n) is 17.4. The summed E-state index contributed by atoms with van der Waals surface area (Å²) in [5, 5.41) is 3.80. The van der Waals surface area contributed by atoms with Crippen LogP contribution in [0.5, 0.6) is 5.75 Å². The van der Waals surface area contributed by atoms with E-state index in [1.807, 2.05) is 0 Å². The summed E-state index contributed by atoms with van der Waals surface area (Å²) in [5.41, 5.74) is 1.60. The fraction of sp³-hybridized carbons (Fsp3) is 0.458. The first-order valence-corrected chi connectivity index (χ1v) is 10.7. The van der Waals surface area contributed by atoms with Gasteiger partial charge in [-0.2, -0.15) is 0 Å². The van der Waals surface area contributed by atoms with Crippen LogP contribution in [0.2, 0.25) is 5.02 Å². The van der Waals surface area contributed by atoms with E-state index in [0.717, 1.165) is 38.5 Å². The van der Waals surface area contributed by atoms with E-state index >= 15 is 0 Å². The van der Waals surface area contributed by atoms with Gasteiger partial charge in [0.2, 0.25) is 0 Å². The third kappa shape index (κ3) is 6.22. The number of ether oxygens (including phenoxy) is 1. The molecule has 1 saturated carbocycles. The summed E-state index contributed by atoms with van der Waals surface area (Å²) in [4.78, 5) is 14.7. The quantitative estimate of drug-likeness (QED) is 0.680. The maximum Gasteiger partial charge on any atom is 0.258 e. The highest BCUT2D eigenvalue weighted by Gasteiger charge is 2.37. The zero-order chi connectivity index (χ0) is 20.7. The van der Waals surface area contributed by atoms with Gasteiger partial charge in [-0.3, -0.25) is 4.79 Å². The molecule has 0 spiro atoms. The number of carbonyl (C=O) groups excluding carboxylic acids is 1. The Labute approximate surface area is 179 Å². The Hall–Kier alpha value is -2.04. The minimum Gasteiger partial charge on any atom is -0.484 e. The molecule has 1 fully saturated rings. The standard InChI is InChI=1S/C24H31ClN2O2/c1-27(2)24(15-12-19-6-4-3-5-7-19)16-13-21(14-17-24)26-23(28)18-29-22-10-8-20(25)9-11-22/h3-11,21H,12-18H2,1-2H3,(H,26,28). The van der Waals surface area contributed by atoms with Crippen molar-refractivity contribution in [3.63, 3.8) is 0 Å². The van der Waals surface area contributed by atoms with Crippen molar-refractivity contribution in [1.29, 1.82) is 0 Å². The number of aryl methyl sites for hydroxylation is 1. The first kappa shape index (κ1) is 21.7. The van der Waals surface area contributed by atoms with Crippen LogP contribution in [-0.2, 0) is 11.2 Å². The lowest BCUT2D eigenvalue weighted by Crippen LogP contribution is -2.51. The van der Waals surface area contributed by atoms with Crippen LogP contribution in [0, 0.1) is 0 Å². The molecule has 1 aliphatic carbocycles. The van der Waals surface area contributed by atoms with Crippen LogP contribution in [-0.4, -0.2) is 43.1 Å². The molecule has 0 saturated heterocycles. The van der Waals surface area contributed by atoms with E-state index in [1.165, 1.54) is 5.56 Å². The van der Waals surface area contributed by atoms with Crippen molar-refractivity contribution in [3.8, 4) is 5.75 Å². The van der Waals surface area contributed by atoms with Gasteiger partial charge in [-0.25, -0.2) is 0 Å². The minimum atomic E-state index is -0.0633. The number of halogens is 1. The first-order valence-electron chi connectivity index (χ1n) is 10.4. The van der Waals surface area contributed by atoms with Crippen LogP contribution in [0.1, 0.15) is 37.7 Å². The average molecular weight is 415 g/mol. The van der Waals surface area contributed by atoms with Gasteiger partial charge < -0.3 is 15.0 Å². The van der Waals surface area contributed by atoms with Crippen LogP contribution in [0.25, 0.3) is 0 Å². The van der Waals surface area contributed by atoms with E-state index in [0.29, 0.717) is 10.8 Å². The number of nitrogens with zero attached hydrogens (tertiary/aromatic N) is 1. The molecule has 2 aromatic carbocycles. The molecule has 3 rings (SSSR count). The molecule has 1 aliphatic rings. The van der Waals surface area contributed by atoms with Gasteiger partial charge in [0.1, 0.15) is 5.75 Å². The van der Waals surface area contributed by atoms with Crippen molar-refractivity contribution in [1.82, 2.24) is 10.2 Å². The summed E-state index contributed by atoms with van der Waals surface area (Å²) in [6, 6.07) is 18.0. The van der Waals surface area contributed by atoms with Gasteiger partial charge in [-0.05, 0) is 82.4 Å². The Morgan fingerprint density at radius 3 is 2.38 bits per heavy atom. The van der Waals surface area contributed by atoms with E-state index in [4.69, 9.17) is 16.3 Å². The molecule has 29 heavy (non-hydrogen) atoms. The fourth-order valence-electron chi connectivity index (χ4n) is 4.19. The van der Waals surface area contributed by atoms with Gasteiger partial charge in [0.25, 0.3) is 5.91 Å². The first-order chi connectivity index (χ1) is 14.0. The number of hydrogen-bond donors (Lipinski definition) is 1. The summed E-state index contributed by atoms with van der Waals surface area (Å²) in [6.07, 6.45) is 6.42. The number of nitrogens with one attached hydrogen (secondary N) is 1. The Morgan fingerprint density at radius 1 is 1.10 bits per heavy atom. The van der Waals surface area contributed by atoms with Gasteiger partial charge >= 0.3 is 0 Å². The fourth-order valence-corrected chi connectivity index (χ4v) is 4.32. The molecule has 5 heteroatoms. The van der Waals surface area contributed by atoms with E-state index in [1.54, 1.807) is 24.3 Å². The second-order valence-electron chi connectivity index (χ2n) is 8.19. The molecule has 0 radical (unpaired) electrons. The van der Waals surface area contributed by atoms with Crippen LogP contribution < -0.4 is 10.1 Å². The minimum absolute atomic E-state index is 0.0327. The number of amides is 1. The highest BCUT2D eigenvalue weighted by Crippen LogP contribution is 2.36. The second-order valence-corrected chi connectivity index (χ2v) is 8.63. The summed E-state index contributed by atoms with van der Waals surface area (Å²) >= 11 is 5.87. The topological polar surface area (TPSA) is 41.6 Å². The van der Waals surface area contributed by atoms with Gasteiger partial charge in [-0.15, -0.1) is 0 Å². The third-order valence-electron chi connectivity index (χ3n) is 6.14. The molecule has 4 nitrogen and oxygen atoms in total. The molecule has 1 amide bonds. The van der Waals surface area contributed by atoms with Crippen molar-refractivity contribution in [2.45, 2.75) is 50.1 Å². The van der Waals surface area contributed by atoms with Gasteiger partial charge in [-0.1, -0.05) is 41.9 Å². The van der Waals surface area contributed by atoms with E-state index < -0.39 is 0 Å². The monoisotopic (exact) mass is 414 g/mol. The second kappa shape index (κ2) is 10.1. The zero-order valence-corrected chi connectivity index (χ0v) is 18.1. The van der Waals surface area contributed by atoms with Crippen LogP contribution in [0.15, 0.2) is 54.6 Å². The molecule has 0 bridgehead atoms. The smallest absolute Gasteiger partial charge is 0.258 e. The van der Waals surface area contributed by atoms with E-state index in [9.17, 15) is 4.79 Å². The predicted molar refractivity (Wildman–Crippen MR) is 119 cm³/mol. The Bertz CT molecular complexity index is 769. The normalized spacial score (nSPS) is 21.7. The molecule has 1 N–H and O–H groups in total. The van der Waals surface area contributed by atoms with Crippen molar-refractivity contribution in [2.24, 2.45) is 0 Å². The van der Waals surface area contributed by atoms with Gasteiger partial charge in [0.05, 0.1) is 0 Å². The molecule has 156 valence electrons. The number of rotatable bonds is 8. The van der Waals surface area contributed by atoms with Crippen LogP contribution >= 0.6 is 11.6 Å². The van der Waals surface area contributed by atoms with Crippen molar-refractivity contribution in [2.75, 3.05) is 20.7 Å². The molecular weight excluding hydrogens is 384 g/mol. The summed E-state index contributed by atoms with van der Waals surface area (Å²) in [7, 11) is 4.37. The summed E-state index contributed by atoms with van der Waals surface area (Å²) < 4.78 is 5.55. The number of hydrogen-bond acceptors (Lipinski definition) is 3. The third-order valence-corrected chi connectivity index (χ3v) is 6.39. The maximum atomic E-state index is 12.3. The lowest BCUT2D eigenvalue weighted by atomic mass is 9.75. The molecular formula is C24H31ClN2O2. The van der Waals surface area contributed by atoms with Crippen molar-refractivity contribution >= 4 is 17.5 Å². The molecule has 0 heterocycles. The molecule has 0 aromatic heterocycles. The lowest BCUT2D eigenvalue weighted by molar-refractivity contribution is -0.124. The Morgan fingerprint density at radius 2 is 1.76 bits per heavy atom. The summed E-state index contributed by atoms with van der Waals surface area (Å²) in [6.45, 7) is 0.0327.